The maximum atomic E-state index is 10.6. The number of hydrogen-bond acceptors (Lipinski definition) is 2. The van der Waals surface area contributed by atoms with E-state index in [1.165, 1.54) is 18.2 Å². The van der Waals surface area contributed by atoms with Crippen molar-refractivity contribution >= 4 is 11.6 Å². The van der Waals surface area contributed by atoms with Gasteiger partial charge in [-0.25, -0.2) is 0 Å². The molecule has 0 saturated heterocycles. The van der Waals surface area contributed by atoms with Gasteiger partial charge in [0.2, 0.25) is 0 Å². The number of hydrogen-bond donors (Lipinski definition) is 0. The summed E-state index contributed by atoms with van der Waals surface area (Å²) in [6.45, 7) is 0. The molecular formula is C7H3ClNO-. The lowest BCUT2D eigenvalue weighted by atomic mass is 10.2. The van der Waals surface area contributed by atoms with Gasteiger partial charge in [-0.1, -0.05) is 23.7 Å². The molecule has 50 valence electrons. The fourth-order valence-corrected chi connectivity index (χ4v) is 0.852. The molecule has 2 nitrogen and oxygen atoms in total. The average molecular weight is 153 g/mol. The molecule has 0 fully saturated rings. The first-order valence-corrected chi connectivity index (χ1v) is 2.98. The lowest BCUT2D eigenvalue weighted by molar-refractivity contribution is -0.268. The zero-order valence-electron chi connectivity index (χ0n) is 4.97. The smallest absolute Gasteiger partial charge is 0.0991 e. The molecule has 0 unspecified atom stereocenters. The third-order valence-corrected chi connectivity index (χ3v) is 1.22. The van der Waals surface area contributed by atoms with E-state index in [0.29, 0.717) is 10.6 Å². The summed E-state index contributed by atoms with van der Waals surface area (Å²) in [4.78, 5) is 0. The van der Waals surface area contributed by atoms with Crippen LogP contribution in [-0.4, -0.2) is 0 Å². The summed E-state index contributed by atoms with van der Waals surface area (Å²) >= 11 is 5.48. The molecule has 0 N–H and O–H groups in total. The first-order valence-electron chi connectivity index (χ1n) is 2.60. The maximum Gasteiger partial charge on any atom is 0.0991 e. The Morgan fingerprint density at radius 1 is 1.40 bits per heavy atom. The molecule has 0 aliphatic carbocycles. The van der Waals surface area contributed by atoms with Gasteiger partial charge in [-0.15, -0.1) is 5.75 Å². The predicted molar refractivity (Wildman–Crippen MR) is 35.6 cm³/mol. The van der Waals surface area contributed by atoms with Gasteiger partial charge in [0.05, 0.1) is 11.6 Å². The van der Waals surface area contributed by atoms with E-state index in [2.05, 4.69) is 0 Å². The number of benzene rings is 1. The lowest BCUT2D eigenvalue weighted by Crippen LogP contribution is -1.89. The maximum absolute atomic E-state index is 10.6. The van der Waals surface area contributed by atoms with Crippen LogP contribution >= 0.6 is 11.6 Å². The minimum Gasteiger partial charge on any atom is -0.872 e. The Morgan fingerprint density at radius 2 is 2.10 bits per heavy atom. The van der Waals surface area contributed by atoms with Crippen molar-refractivity contribution in [2.24, 2.45) is 0 Å². The lowest BCUT2D eigenvalue weighted by Gasteiger charge is -2.03. The van der Waals surface area contributed by atoms with E-state index in [1.807, 2.05) is 6.07 Å². The molecule has 0 atom stereocenters. The Morgan fingerprint density at radius 3 is 2.60 bits per heavy atom. The van der Waals surface area contributed by atoms with Crippen LogP contribution in [-0.2, 0) is 0 Å². The van der Waals surface area contributed by atoms with Gasteiger partial charge in [0.15, 0.2) is 0 Å². The monoisotopic (exact) mass is 152 g/mol. The highest BCUT2D eigenvalue weighted by Gasteiger charge is 1.90. The molecule has 1 rings (SSSR count). The van der Waals surface area contributed by atoms with Crippen molar-refractivity contribution in [1.82, 2.24) is 0 Å². The molecule has 0 bridgehead atoms. The van der Waals surface area contributed by atoms with Crippen LogP contribution in [0.1, 0.15) is 5.56 Å². The summed E-state index contributed by atoms with van der Waals surface area (Å²) in [5, 5.41) is 19.3. The summed E-state index contributed by atoms with van der Waals surface area (Å²) < 4.78 is 0. The number of nitriles is 1. The van der Waals surface area contributed by atoms with Crippen LogP contribution < -0.4 is 5.11 Å². The van der Waals surface area contributed by atoms with Gasteiger partial charge in [-0.2, -0.15) is 5.26 Å². The molecule has 0 heterocycles. The Labute approximate surface area is 63.3 Å². The van der Waals surface area contributed by atoms with Crippen molar-refractivity contribution in [1.29, 1.82) is 5.26 Å². The van der Waals surface area contributed by atoms with Gasteiger partial charge in [-0.05, 0) is 6.07 Å². The van der Waals surface area contributed by atoms with E-state index in [9.17, 15) is 5.11 Å². The third kappa shape index (κ3) is 1.40. The average Bonchev–Trinajstić information content (AvgIpc) is 1.85. The third-order valence-electron chi connectivity index (χ3n) is 1.00. The second-order valence-electron chi connectivity index (χ2n) is 1.79. The highest BCUT2D eigenvalue weighted by atomic mass is 35.5. The molecule has 0 aliphatic heterocycles. The minimum absolute atomic E-state index is 0.232. The van der Waals surface area contributed by atoms with Gasteiger partial charge < -0.3 is 5.11 Å². The normalized spacial score (nSPS) is 8.80. The van der Waals surface area contributed by atoms with E-state index >= 15 is 0 Å². The number of nitrogens with zero attached hydrogens (tertiary/aromatic N) is 1. The topological polar surface area (TPSA) is 46.8 Å². The minimum atomic E-state index is -0.232. The molecule has 1 aromatic rings. The molecule has 0 saturated carbocycles. The summed E-state index contributed by atoms with van der Waals surface area (Å²) in [7, 11) is 0. The second kappa shape index (κ2) is 2.59. The van der Waals surface area contributed by atoms with Crippen LogP contribution in [0.4, 0.5) is 0 Å². The van der Waals surface area contributed by atoms with Crippen molar-refractivity contribution in [3.05, 3.63) is 28.8 Å². The molecule has 0 aromatic heterocycles. The van der Waals surface area contributed by atoms with E-state index in [1.54, 1.807) is 0 Å². The molecule has 0 radical (unpaired) electrons. The van der Waals surface area contributed by atoms with E-state index in [4.69, 9.17) is 16.9 Å². The van der Waals surface area contributed by atoms with Gasteiger partial charge in [0, 0.05) is 5.02 Å². The van der Waals surface area contributed by atoms with Crippen LogP contribution in [0.15, 0.2) is 18.2 Å². The van der Waals surface area contributed by atoms with Crippen molar-refractivity contribution in [2.45, 2.75) is 0 Å². The van der Waals surface area contributed by atoms with Crippen molar-refractivity contribution in [2.75, 3.05) is 0 Å². The van der Waals surface area contributed by atoms with Crippen LogP contribution in [0.5, 0.6) is 5.75 Å². The van der Waals surface area contributed by atoms with Gasteiger partial charge in [0.25, 0.3) is 0 Å². The Kier molecular flexibility index (Phi) is 1.79. The van der Waals surface area contributed by atoms with Crippen molar-refractivity contribution < 1.29 is 5.11 Å². The quantitative estimate of drug-likeness (QED) is 0.562. The van der Waals surface area contributed by atoms with Gasteiger partial charge in [0.1, 0.15) is 0 Å². The van der Waals surface area contributed by atoms with E-state index in [-0.39, 0.29) is 5.75 Å². The largest absolute Gasteiger partial charge is 0.872 e. The zero-order valence-corrected chi connectivity index (χ0v) is 5.72. The van der Waals surface area contributed by atoms with Crippen molar-refractivity contribution in [3.63, 3.8) is 0 Å². The summed E-state index contributed by atoms with van der Waals surface area (Å²) in [6, 6.07) is 5.78. The summed E-state index contributed by atoms with van der Waals surface area (Å²) in [6.07, 6.45) is 0. The zero-order chi connectivity index (χ0) is 7.56. The van der Waals surface area contributed by atoms with Crippen LogP contribution in [0, 0.1) is 11.3 Å². The van der Waals surface area contributed by atoms with Crippen LogP contribution in [0.25, 0.3) is 0 Å². The molecular weight excluding hydrogens is 150 g/mol. The predicted octanol–water partition coefficient (Wildman–Crippen LogP) is 1.29. The second-order valence-corrected chi connectivity index (χ2v) is 2.22. The highest BCUT2D eigenvalue weighted by molar-refractivity contribution is 6.30. The number of rotatable bonds is 0. The Bertz CT molecular complexity index is 270. The molecule has 1 aromatic carbocycles. The molecule has 0 aliphatic rings. The summed E-state index contributed by atoms with van der Waals surface area (Å²) in [5.74, 6) is -0.232. The highest BCUT2D eigenvalue weighted by Crippen LogP contribution is 2.16. The first-order chi connectivity index (χ1) is 4.72. The van der Waals surface area contributed by atoms with E-state index in [0.717, 1.165) is 0 Å². The molecule has 3 heteroatoms. The van der Waals surface area contributed by atoms with Gasteiger partial charge in [-0.3, -0.25) is 0 Å². The first kappa shape index (κ1) is 6.91. The fourth-order valence-electron chi connectivity index (χ4n) is 0.627. The molecule has 0 spiro atoms. The Hall–Kier alpha value is -1.20. The van der Waals surface area contributed by atoms with E-state index < -0.39 is 0 Å². The SMILES string of the molecule is N#Cc1cc([O-])cc(Cl)c1. The van der Waals surface area contributed by atoms with Crippen LogP contribution in [0.3, 0.4) is 0 Å². The fraction of sp³-hybridized carbons (Fsp3) is 0. The summed E-state index contributed by atoms with van der Waals surface area (Å²) in [5.41, 5.74) is 0.303. The molecule has 0 amide bonds. The van der Waals surface area contributed by atoms with Crippen molar-refractivity contribution in [3.8, 4) is 11.8 Å². The number of halogens is 1. The molecule has 10 heavy (non-hydrogen) atoms. The van der Waals surface area contributed by atoms with Gasteiger partial charge >= 0.3 is 0 Å². The Balaban J connectivity index is 3.22. The van der Waals surface area contributed by atoms with Crippen LogP contribution in [0.2, 0.25) is 5.02 Å². The standard InChI is InChI=1S/C7H4ClNO/c8-6-1-5(4-9)2-7(10)3-6/h1-3,10H/p-1.